The number of alkyl halides is 3. The van der Waals surface area contributed by atoms with Gasteiger partial charge in [0.1, 0.15) is 23.5 Å². The molecule has 4 rings (SSSR count). The summed E-state index contributed by atoms with van der Waals surface area (Å²) in [5.41, 5.74) is 0.138. The SMILES string of the molecule is Cc1ccc(C2=NN(C(=O)COC(=O)[C@H](C)Nc3ccc(C(F)(F)F)cc3[N+](=O)[O-])[C@@H](c3ccco3)C2)cc1. The van der Waals surface area contributed by atoms with Crippen molar-refractivity contribution in [2.75, 3.05) is 11.9 Å². The van der Waals surface area contributed by atoms with E-state index in [1.54, 1.807) is 12.1 Å². The Morgan fingerprint density at radius 3 is 2.56 bits per heavy atom. The minimum Gasteiger partial charge on any atom is -0.467 e. The van der Waals surface area contributed by atoms with Gasteiger partial charge in [-0.05, 0) is 43.7 Å². The number of benzene rings is 2. The number of ether oxygens (including phenoxy) is 1. The largest absolute Gasteiger partial charge is 0.467 e. The van der Waals surface area contributed by atoms with Crippen molar-refractivity contribution in [1.29, 1.82) is 0 Å². The number of hydrogen-bond acceptors (Lipinski definition) is 8. The average Bonchev–Trinajstić information content (AvgIpc) is 3.57. The maximum atomic E-state index is 13.0. The minimum absolute atomic E-state index is 0.312. The van der Waals surface area contributed by atoms with E-state index >= 15 is 0 Å². The predicted molar refractivity (Wildman–Crippen MR) is 133 cm³/mol. The molecule has 13 heteroatoms. The maximum absolute atomic E-state index is 13.0. The number of aryl methyl sites for hydroxylation is 1. The Hall–Kier alpha value is -4.68. The molecule has 0 fully saturated rings. The van der Waals surface area contributed by atoms with Gasteiger partial charge in [0.25, 0.3) is 11.6 Å². The molecule has 1 aliphatic heterocycles. The summed E-state index contributed by atoms with van der Waals surface area (Å²) in [6, 6.07) is 11.1. The van der Waals surface area contributed by atoms with Gasteiger partial charge < -0.3 is 14.5 Å². The van der Waals surface area contributed by atoms with Crippen molar-refractivity contribution in [1.82, 2.24) is 5.01 Å². The predicted octanol–water partition coefficient (Wildman–Crippen LogP) is 5.24. The number of rotatable bonds is 8. The second-order valence-electron chi connectivity index (χ2n) is 8.85. The molecule has 3 aromatic rings. The van der Waals surface area contributed by atoms with Crippen LogP contribution >= 0.6 is 0 Å². The van der Waals surface area contributed by atoms with E-state index in [4.69, 9.17) is 9.15 Å². The van der Waals surface area contributed by atoms with Crippen LogP contribution in [0.15, 0.2) is 70.4 Å². The number of carbonyl (C=O) groups excluding carboxylic acids is 2. The molecule has 204 valence electrons. The van der Waals surface area contributed by atoms with Crippen molar-refractivity contribution in [2.45, 2.75) is 38.5 Å². The zero-order valence-corrected chi connectivity index (χ0v) is 20.8. The molecule has 2 heterocycles. The molecule has 1 amide bonds. The maximum Gasteiger partial charge on any atom is 0.416 e. The molecule has 1 N–H and O–H groups in total. The van der Waals surface area contributed by atoms with E-state index < -0.39 is 52.9 Å². The van der Waals surface area contributed by atoms with Crippen molar-refractivity contribution in [3.05, 3.63) is 93.4 Å². The van der Waals surface area contributed by atoms with Crippen LogP contribution in [0.1, 0.15) is 41.8 Å². The molecule has 0 bridgehead atoms. The standard InChI is InChI=1S/C26H23F3N4O6/c1-15-5-7-17(8-6-15)20-13-22(23-4-3-11-38-23)32(31-20)24(34)14-39-25(35)16(2)30-19-10-9-18(26(27,28)29)12-21(19)33(36)37/h3-12,16,22,30H,13-14H2,1-2H3/t16-,22+/m0/s1. The zero-order valence-electron chi connectivity index (χ0n) is 20.8. The highest BCUT2D eigenvalue weighted by molar-refractivity contribution is 6.03. The van der Waals surface area contributed by atoms with Crippen LogP contribution in [0.25, 0.3) is 0 Å². The van der Waals surface area contributed by atoms with E-state index in [1.807, 2.05) is 31.2 Å². The lowest BCUT2D eigenvalue weighted by atomic mass is 10.0. The summed E-state index contributed by atoms with van der Waals surface area (Å²) < 4.78 is 49.4. The van der Waals surface area contributed by atoms with Gasteiger partial charge in [-0.25, -0.2) is 9.80 Å². The van der Waals surface area contributed by atoms with E-state index in [0.717, 1.165) is 17.2 Å². The summed E-state index contributed by atoms with van der Waals surface area (Å²) in [6.07, 6.45) is -2.94. The second-order valence-corrected chi connectivity index (χ2v) is 8.85. The first-order chi connectivity index (χ1) is 18.4. The van der Waals surface area contributed by atoms with E-state index in [9.17, 15) is 32.9 Å². The molecule has 39 heavy (non-hydrogen) atoms. The number of nitrogens with zero attached hydrogens (tertiary/aromatic N) is 3. The van der Waals surface area contributed by atoms with Gasteiger partial charge in [-0.3, -0.25) is 14.9 Å². The monoisotopic (exact) mass is 544 g/mol. The summed E-state index contributed by atoms with van der Waals surface area (Å²) in [5, 5.41) is 19.4. The molecule has 0 aliphatic carbocycles. The number of nitrogens with one attached hydrogen (secondary N) is 1. The Bertz CT molecular complexity index is 1400. The third-order valence-electron chi connectivity index (χ3n) is 6.01. The third-order valence-corrected chi connectivity index (χ3v) is 6.01. The van der Waals surface area contributed by atoms with Gasteiger partial charge in [0.2, 0.25) is 0 Å². The Balaban J connectivity index is 1.44. The normalized spacial score (nSPS) is 16.0. The summed E-state index contributed by atoms with van der Waals surface area (Å²) >= 11 is 0. The summed E-state index contributed by atoms with van der Waals surface area (Å²) in [5.74, 6) is -1.10. The number of hydrazone groups is 1. The molecule has 0 radical (unpaired) electrons. The molecular formula is C26H23F3N4O6. The fourth-order valence-corrected chi connectivity index (χ4v) is 3.96. The fraction of sp³-hybridized carbons (Fsp3) is 0.269. The van der Waals surface area contributed by atoms with Gasteiger partial charge in [0.05, 0.1) is 22.5 Å². The topological polar surface area (TPSA) is 127 Å². The van der Waals surface area contributed by atoms with Crippen molar-refractivity contribution in [2.24, 2.45) is 5.10 Å². The number of nitro benzene ring substituents is 1. The smallest absolute Gasteiger partial charge is 0.416 e. The molecule has 0 spiro atoms. The van der Waals surface area contributed by atoms with Crippen molar-refractivity contribution < 1.29 is 36.8 Å². The third kappa shape index (κ3) is 6.25. The van der Waals surface area contributed by atoms with Crippen molar-refractivity contribution in [3.8, 4) is 0 Å². The number of nitro groups is 1. The van der Waals surface area contributed by atoms with Crippen LogP contribution in [0.2, 0.25) is 0 Å². The van der Waals surface area contributed by atoms with E-state index in [-0.39, 0.29) is 5.69 Å². The lowest BCUT2D eigenvalue weighted by molar-refractivity contribution is -0.384. The molecule has 0 saturated heterocycles. The minimum atomic E-state index is -4.78. The van der Waals surface area contributed by atoms with Gasteiger partial charge >= 0.3 is 12.1 Å². The number of halogens is 3. The Labute approximate surface area is 220 Å². The van der Waals surface area contributed by atoms with Crippen molar-refractivity contribution >= 4 is 29.0 Å². The van der Waals surface area contributed by atoms with E-state index in [1.165, 1.54) is 18.2 Å². The molecule has 2 aromatic carbocycles. The zero-order chi connectivity index (χ0) is 28.3. The van der Waals surface area contributed by atoms with Gasteiger partial charge in [-0.2, -0.15) is 18.3 Å². The summed E-state index contributed by atoms with van der Waals surface area (Å²) in [4.78, 5) is 35.9. The summed E-state index contributed by atoms with van der Waals surface area (Å²) in [6.45, 7) is 2.55. The van der Waals surface area contributed by atoms with E-state index in [2.05, 4.69) is 10.4 Å². The first kappa shape index (κ1) is 27.4. The molecule has 1 aliphatic rings. The van der Waals surface area contributed by atoms with Gasteiger partial charge in [0.15, 0.2) is 6.61 Å². The Morgan fingerprint density at radius 2 is 1.95 bits per heavy atom. The molecule has 2 atom stereocenters. The number of esters is 1. The lowest BCUT2D eigenvalue weighted by Crippen LogP contribution is -2.34. The Morgan fingerprint density at radius 1 is 1.23 bits per heavy atom. The van der Waals surface area contributed by atoms with Crippen LogP contribution in [0.3, 0.4) is 0 Å². The fourth-order valence-electron chi connectivity index (χ4n) is 3.96. The first-order valence-corrected chi connectivity index (χ1v) is 11.7. The number of amides is 1. The van der Waals surface area contributed by atoms with Crippen molar-refractivity contribution in [3.63, 3.8) is 0 Å². The van der Waals surface area contributed by atoms with Crippen LogP contribution in [-0.4, -0.2) is 40.2 Å². The lowest BCUT2D eigenvalue weighted by Gasteiger charge is -2.20. The molecule has 0 unspecified atom stereocenters. The molecular weight excluding hydrogens is 521 g/mol. The van der Waals surface area contributed by atoms with Gasteiger partial charge in [-0.1, -0.05) is 29.8 Å². The number of furan rings is 1. The Kier molecular flexibility index (Phi) is 7.70. The second kappa shape index (κ2) is 11.0. The quantitative estimate of drug-likeness (QED) is 0.234. The molecule has 0 saturated carbocycles. The molecule has 1 aromatic heterocycles. The van der Waals surface area contributed by atoms with Gasteiger partial charge in [-0.15, -0.1) is 0 Å². The highest BCUT2D eigenvalue weighted by Crippen LogP contribution is 2.36. The van der Waals surface area contributed by atoms with Crippen LogP contribution in [0, 0.1) is 17.0 Å². The van der Waals surface area contributed by atoms with Crippen LogP contribution in [0.4, 0.5) is 24.5 Å². The number of carbonyl (C=O) groups is 2. The van der Waals surface area contributed by atoms with Crippen LogP contribution in [-0.2, 0) is 20.5 Å². The first-order valence-electron chi connectivity index (χ1n) is 11.7. The number of hydrogen-bond donors (Lipinski definition) is 1. The van der Waals surface area contributed by atoms with Crippen LogP contribution < -0.4 is 5.32 Å². The van der Waals surface area contributed by atoms with E-state index in [0.29, 0.717) is 30.0 Å². The van der Waals surface area contributed by atoms with Gasteiger partial charge in [0, 0.05) is 12.5 Å². The highest BCUT2D eigenvalue weighted by atomic mass is 19.4. The number of anilines is 1. The average molecular weight is 544 g/mol. The highest BCUT2D eigenvalue weighted by Gasteiger charge is 2.36. The summed E-state index contributed by atoms with van der Waals surface area (Å²) in [7, 11) is 0. The van der Waals surface area contributed by atoms with Crippen LogP contribution in [0.5, 0.6) is 0 Å². The molecule has 10 nitrogen and oxygen atoms in total.